The standard InChI is InChI=1S/C8H7BrN2/c1-2-7-3-6(9)4-8(5-10)11-7/h3-4H,2H2,1H3. The van der Waals surface area contributed by atoms with Crippen LogP contribution in [0.2, 0.25) is 0 Å². The first-order valence-electron chi connectivity index (χ1n) is 3.33. The van der Waals surface area contributed by atoms with E-state index in [0.717, 1.165) is 16.6 Å². The molecule has 1 aromatic heterocycles. The lowest BCUT2D eigenvalue weighted by atomic mass is 10.3. The van der Waals surface area contributed by atoms with Crippen LogP contribution in [0.5, 0.6) is 0 Å². The van der Waals surface area contributed by atoms with Crippen molar-refractivity contribution in [1.82, 2.24) is 4.98 Å². The largest absolute Gasteiger partial charge is 0.242 e. The summed E-state index contributed by atoms with van der Waals surface area (Å²) < 4.78 is 0.918. The molecule has 56 valence electrons. The van der Waals surface area contributed by atoms with Crippen molar-refractivity contribution in [2.24, 2.45) is 0 Å². The second-order valence-corrected chi connectivity index (χ2v) is 3.04. The lowest BCUT2D eigenvalue weighted by molar-refractivity contribution is 1.02. The Morgan fingerprint density at radius 2 is 2.36 bits per heavy atom. The number of aromatic nitrogens is 1. The molecule has 0 saturated carbocycles. The molecule has 0 N–H and O–H groups in total. The average molecular weight is 211 g/mol. The van der Waals surface area contributed by atoms with E-state index in [4.69, 9.17) is 5.26 Å². The van der Waals surface area contributed by atoms with Crippen molar-refractivity contribution in [3.05, 3.63) is 28.0 Å². The van der Waals surface area contributed by atoms with Crippen molar-refractivity contribution in [1.29, 1.82) is 5.26 Å². The zero-order chi connectivity index (χ0) is 8.27. The summed E-state index contributed by atoms with van der Waals surface area (Å²) in [5.41, 5.74) is 1.41. The van der Waals surface area contributed by atoms with Gasteiger partial charge >= 0.3 is 0 Å². The lowest BCUT2D eigenvalue weighted by Gasteiger charge is -1.96. The molecule has 0 aliphatic carbocycles. The van der Waals surface area contributed by atoms with Gasteiger partial charge in [-0.3, -0.25) is 0 Å². The summed E-state index contributed by atoms with van der Waals surface area (Å²) >= 11 is 3.30. The summed E-state index contributed by atoms with van der Waals surface area (Å²) in [6.45, 7) is 2.01. The Kier molecular flexibility index (Phi) is 2.61. The van der Waals surface area contributed by atoms with Crippen LogP contribution in [-0.4, -0.2) is 4.98 Å². The van der Waals surface area contributed by atoms with E-state index in [1.165, 1.54) is 0 Å². The zero-order valence-electron chi connectivity index (χ0n) is 6.13. The Morgan fingerprint density at radius 1 is 1.64 bits per heavy atom. The minimum Gasteiger partial charge on any atom is -0.242 e. The molecular weight excluding hydrogens is 204 g/mol. The second kappa shape index (κ2) is 3.49. The van der Waals surface area contributed by atoms with E-state index in [0.29, 0.717) is 5.69 Å². The van der Waals surface area contributed by atoms with Crippen molar-refractivity contribution in [3.8, 4) is 6.07 Å². The van der Waals surface area contributed by atoms with Crippen LogP contribution in [0.3, 0.4) is 0 Å². The topological polar surface area (TPSA) is 36.7 Å². The maximum absolute atomic E-state index is 8.55. The molecule has 1 heterocycles. The van der Waals surface area contributed by atoms with E-state index < -0.39 is 0 Å². The fourth-order valence-corrected chi connectivity index (χ4v) is 1.27. The number of halogens is 1. The number of hydrogen-bond donors (Lipinski definition) is 0. The number of hydrogen-bond acceptors (Lipinski definition) is 2. The van der Waals surface area contributed by atoms with E-state index in [1.54, 1.807) is 6.07 Å². The monoisotopic (exact) mass is 210 g/mol. The van der Waals surface area contributed by atoms with Crippen LogP contribution in [0.25, 0.3) is 0 Å². The van der Waals surface area contributed by atoms with Crippen molar-refractivity contribution >= 4 is 15.9 Å². The predicted molar refractivity (Wildman–Crippen MR) is 46.0 cm³/mol. The van der Waals surface area contributed by atoms with Gasteiger partial charge in [-0.25, -0.2) is 4.98 Å². The molecule has 0 aliphatic heterocycles. The minimum atomic E-state index is 0.469. The highest BCUT2D eigenvalue weighted by Crippen LogP contribution is 2.12. The van der Waals surface area contributed by atoms with Gasteiger partial charge in [0.2, 0.25) is 0 Å². The number of rotatable bonds is 1. The summed E-state index contributed by atoms with van der Waals surface area (Å²) in [4.78, 5) is 4.08. The van der Waals surface area contributed by atoms with Crippen molar-refractivity contribution in [3.63, 3.8) is 0 Å². The summed E-state index contributed by atoms with van der Waals surface area (Å²) in [6.07, 6.45) is 0.855. The first-order chi connectivity index (χ1) is 5.26. The third-order valence-corrected chi connectivity index (χ3v) is 1.78. The number of aryl methyl sites for hydroxylation is 1. The van der Waals surface area contributed by atoms with Gasteiger partial charge in [-0.1, -0.05) is 22.9 Å². The molecule has 0 unspecified atom stereocenters. The highest BCUT2D eigenvalue weighted by Gasteiger charge is 1.97. The SMILES string of the molecule is CCc1cc(Br)cc(C#N)n1. The van der Waals surface area contributed by atoms with Crippen molar-refractivity contribution < 1.29 is 0 Å². The van der Waals surface area contributed by atoms with Gasteiger partial charge < -0.3 is 0 Å². The van der Waals surface area contributed by atoms with Crippen LogP contribution in [-0.2, 0) is 6.42 Å². The predicted octanol–water partition coefficient (Wildman–Crippen LogP) is 2.28. The van der Waals surface area contributed by atoms with E-state index in [1.807, 2.05) is 19.1 Å². The van der Waals surface area contributed by atoms with Crippen molar-refractivity contribution in [2.75, 3.05) is 0 Å². The molecule has 0 aliphatic rings. The molecule has 0 amide bonds. The molecule has 0 saturated heterocycles. The van der Waals surface area contributed by atoms with Crippen LogP contribution in [0.4, 0.5) is 0 Å². The van der Waals surface area contributed by atoms with E-state index in [2.05, 4.69) is 20.9 Å². The van der Waals surface area contributed by atoms with Gasteiger partial charge in [0.15, 0.2) is 0 Å². The van der Waals surface area contributed by atoms with Gasteiger partial charge in [-0.2, -0.15) is 5.26 Å². The molecule has 1 aromatic rings. The van der Waals surface area contributed by atoms with Gasteiger partial charge in [0.05, 0.1) is 0 Å². The van der Waals surface area contributed by atoms with Crippen LogP contribution in [0.1, 0.15) is 18.3 Å². The highest BCUT2D eigenvalue weighted by molar-refractivity contribution is 9.10. The van der Waals surface area contributed by atoms with Crippen LogP contribution in [0, 0.1) is 11.3 Å². The molecule has 3 heteroatoms. The molecule has 0 radical (unpaired) electrons. The molecule has 2 nitrogen and oxygen atoms in total. The summed E-state index contributed by atoms with van der Waals surface area (Å²) in [5.74, 6) is 0. The molecule has 0 fully saturated rings. The Morgan fingerprint density at radius 3 is 2.91 bits per heavy atom. The quantitative estimate of drug-likeness (QED) is 0.714. The smallest absolute Gasteiger partial charge is 0.141 e. The summed E-state index contributed by atoms with van der Waals surface area (Å²) in [5, 5.41) is 8.55. The summed E-state index contributed by atoms with van der Waals surface area (Å²) in [6, 6.07) is 5.63. The fourth-order valence-electron chi connectivity index (χ4n) is 0.789. The maximum Gasteiger partial charge on any atom is 0.141 e. The zero-order valence-corrected chi connectivity index (χ0v) is 7.72. The number of nitriles is 1. The first kappa shape index (κ1) is 8.22. The average Bonchev–Trinajstić information content (AvgIpc) is 2.03. The number of pyridine rings is 1. The van der Waals surface area contributed by atoms with Crippen LogP contribution < -0.4 is 0 Å². The Hall–Kier alpha value is -0.880. The van der Waals surface area contributed by atoms with E-state index in [9.17, 15) is 0 Å². The molecule has 1 rings (SSSR count). The van der Waals surface area contributed by atoms with Gasteiger partial charge in [0.25, 0.3) is 0 Å². The third-order valence-electron chi connectivity index (χ3n) is 1.32. The van der Waals surface area contributed by atoms with Crippen LogP contribution in [0.15, 0.2) is 16.6 Å². The van der Waals surface area contributed by atoms with E-state index >= 15 is 0 Å². The molecule has 11 heavy (non-hydrogen) atoms. The maximum atomic E-state index is 8.55. The second-order valence-electron chi connectivity index (χ2n) is 2.13. The molecule has 0 bridgehead atoms. The van der Waals surface area contributed by atoms with E-state index in [-0.39, 0.29) is 0 Å². The molecular formula is C8H7BrN2. The Balaban J connectivity index is 3.15. The molecule has 0 spiro atoms. The van der Waals surface area contributed by atoms with Gasteiger partial charge in [-0.15, -0.1) is 0 Å². The Labute approximate surface area is 74.0 Å². The fraction of sp³-hybridized carbons (Fsp3) is 0.250. The minimum absolute atomic E-state index is 0.469. The molecule has 0 aromatic carbocycles. The highest BCUT2D eigenvalue weighted by atomic mass is 79.9. The third kappa shape index (κ3) is 2.02. The normalized spacial score (nSPS) is 9.18. The molecule has 0 atom stereocenters. The van der Waals surface area contributed by atoms with Gasteiger partial charge in [-0.05, 0) is 18.6 Å². The number of nitrogens with zero attached hydrogens (tertiary/aromatic N) is 2. The van der Waals surface area contributed by atoms with Crippen LogP contribution >= 0.6 is 15.9 Å². The Bertz CT molecular complexity index is 301. The summed E-state index contributed by atoms with van der Waals surface area (Å²) in [7, 11) is 0. The van der Waals surface area contributed by atoms with Gasteiger partial charge in [0, 0.05) is 10.2 Å². The van der Waals surface area contributed by atoms with Gasteiger partial charge in [0.1, 0.15) is 11.8 Å². The van der Waals surface area contributed by atoms with Crippen molar-refractivity contribution in [2.45, 2.75) is 13.3 Å². The first-order valence-corrected chi connectivity index (χ1v) is 4.12. The lowest BCUT2D eigenvalue weighted by Crippen LogP contribution is -1.90.